The van der Waals surface area contributed by atoms with Crippen LogP contribution in [-0.4, -0.2) is 21.6 Å². The second-order valence-corrected chi connectivity index (χ2v) is 5.89. The number of nitrogens with zero attached hydrogens (tertiary/aromatic N) is 3. The van der Waals surface area contributed by atoms with Crippen LogP contribution in [0.1, 0.15) is 22.5 Å². The van der Waals surface area contributed by atoms with Gasteiger partial charge < -0.3 is 9.30 Å². The van der Waals surface area contributed by atoms with Gasteiger partial charge in [-0.05, 0) is 50.1 Å². The van der Waals surface area contributed by atoms with Crippen LogP contribution in [0.15, 0.2) is 30.3 Å². The van der Waals surface area contributed by atoms with Crippen molar-refractivity contribution >= 4 is 16.7 Å². The number of ether oxygens (including phenoxy) is 1. The quantitative estimate of drug-likeness (QED) is 0.538. The highest BCUT2D eigenvalue weighted by atomic mass is 16.6. The lowest BCUT2D eigenvalue weighted by Crippen LogP contribution is -2.03. The lowest BCUT2D eigenvalue weighted by atomic mass is 10.1. The molecule has 2 aromatic carbocycles. The molecule has 6 nitrogen and oxygen atoms in total. The van der Waals surface area contributed by atoms with Gasteiger partial charge in [-0.15, -0.1) is 0 Å². The third-order valence-electron chi connectivity index (χ3n) is 4.40. The zero-order valence-electron chi connectivity index (χ0n) is 14.2. The Hall–Kier alpha value is -2.89. The van der Waals surface area contributed by atoms with E-state index in [1.54, 1.807) is 14.0 Å². The van der Waals surface area contributed by atoms with E-state index >= 15 is 0 Å². The molecule has 0 saturated carbocycles. The fraction of sp³-hybridized carbons (Fsp3) is 0.278. The molecule has 0 fully saturated rings. The number of hydrogen-bond acceptors (Lipinski definition) is 4. The maximum Gasteiger partial charge on any atom is 0.300 e. The summed E-state index contributed by atoms with van der Waals surface area (Å²) in [5.41, 5.74) is 3.99. The van der Waals surface area contributed by atoms with E-state index in [2.05, 4.69) is 4.98 Å². The fourth-order valence-corrected chi connectivity index (χ4v) is 2.92. The molecule has 0 bridgehead atoms. The molecule has 0 unspecified atom stereocenters. The Balaban J connectivity index is 2.14. The summed E-state index contributed by atoms with van der Waals surface area (Å²) < 4.78 is 7.19. The van der Waals surface area contributed by atoms with E-state index in [0.717, 1.165) is 28.2 Å². The summed E-state index contributed by atoms with van der Waals surface area (Å²) in [6.45, 7) is 6.14. The maximum absolute atomic E-state index is 11.5. The van der Waals surface area contributed by atoms with Crippen LogP contribution in [0.2, 0.25) is 0 Å². The third kappa shape index (κ3) is 2.60. The number of nitro groups is 1. The Morgan fingerprint density at radius 1 is 1.21 bits per heavy atom. The molecule has 0 radical (unpaired) electrons. The molecule has 0 atom stereocenters. The predicted octanol–water partition coefficient (Wildman–Crippen LogP) is 3.93. The largest absolute Gasteiger partial charge is 0.497 e. The van der Waals surface area contributed by atoms with Gasteiger partial charge in [-0.2, -0.15) is 0 Å². The van der Waals surface area contributed by atoms with Gasteiger partial charge in [0.15, 0.2) is 5.52 Å². The first-order valence-electron chi connectivity index (χ1n) is 7.66. The van der Waals surface area contributed by atoms with Crippen molar-refractivity contribution in [1.29, 1.82) is 0 Å². The highest BCUT2D eigenvalue weighted by Gasteiger charge is 2.23. The number of hydrogen-bond donors (Lipinski definition) is 0. The molecule has 0 aliphatic rings. The first kappa shape index (κ1) is 16.0. The van der Waals surface area contributed by atoms with Gasteiger partial charge in [0.05, 0.1) is 17.5 Å². The molecule has 1 heterocycles. The first-order valence-corrected chi connectivity index (χ1v) is 7.66. The van der Waals surface area contributed by atoms with Gasteiger partial charge in [0.2, 0.25) is 0 Å². The number of aryl methyl sites for hydroxylation is 2. The average molecular weight is 325 g/mol. The fourth-order valence-electron chi connectivity index (χ4n) is 2.92. The second kappa shape index (κ2) is 5.96. The Morgan fingerprint density at radius 2 is 1.88 bits per heavy atom. The number of aromatic nitrogens is 2. The van der Waals surface area contributed by atoms with Crippen molar-refractivity contribution in [3.8, 4) is 5.75 Å². The van der Waals surface area contributed by atoms with E-state index in [0.29, 0.717) is 17.6 Å². The number of benzene rings is 2. The van der Waals surface area contributed by atoms with Crippen LogP contribution >= 0.6 is 0 Å². The molecular weight excluding hydrogens is 306 g/mol. The number of fused-ring (bicyclic) bond motifs is 1. The van der Waals surface area contributed by atoms with Crippen LogP contribution < -0.4 is 4.74 Å². The molecule has 0 aliphatic carbocycles. The maximum atomic E-state index is 11.5. The summed E-state index contributed by atoms with van der Waals surface area (Å²) in [4.78, 5) is 15.6. The zero-order valence-corrected chi connectivity index (χ0v) is 14.2. The van der Waals surface area contributed by atoms with Crippen molar-refractivity contribution in [2.24, 2.45) is 0 Å². The van der Waals surface area contributed by atoms with E-state index in [1.807, 2.05) is 48.7 Å². The number of methoxy groups -OCH3 is 1. The number of nitro benzene ring substituents is 1. The summed E-state index contributed by atoms with van der Waals surface area (Å²) in [6, 6.07) is 9.75. The van der Waals surface area contributed by atoms with Gasteiger partial charge in [0.25, 0.3) is 5.69 Å². The van der Waals surface area contributed by atoms with Gasteiger partial charge >= 0.3 is 0 Å². The molecule has 3 aromatic rings. The predicted molar refractivity (Wildman–Crippen MR) is 92.7 cm³/mol. The van der Waals surface area contributed by atoms with Gasteiger partial charge in [-0.25, -0.2) is 4.98 Å². The molecular formula is C18H19N3O3. The molecule has 0 saturated heterocycles. The summed E-state index contributed by atoms with van der Waals surface area (Å²) in [6.07, 6.45) is 0. The summed E-state index contributed by atoms with van der Waals surface area (Å²) in [5.74, 6) is 1.56. The number of rotatable bonds is 4. The summed E-state index contributed by atoms with van der Waals surface area (Å²) in [7, 11) is 1.63. The molecule has 6 heteroatoms. The van der Waals surface area contributed by atoms with Crippen LogP contribution in [0, 0.1) is 30.9 Å². The lowest BCUT2D eigenvalue weighted by molar-refractivity contribution is -0.383. The minimum atomic E-state index is -0.338. The smallest absolute Gasteiger partial charge is 0.300 e. The number of imidazole rings is 1. The van der Waals surface area contributed by atoms with Crippen LogP contribution in [0.4, 0.5) is 5.69 Å². The Bertz CT molecular complexity index is 927. The van der Waals surface area contributed by atoms with Crippen molar-refractivity contribution in [1.82, 2.24) is 9.55 Å². The van der Waals surface area contributed by atoms with Crippen LogP contribution in [0.25, 0.3) is 11.0 Å². The standard InChI is InChI=1S/C18H19N3O3/c1-11-9-16-17(18(12(11)2)21(22)23)19-13(3)20(16)10-14-5-7-15(24-4)8-6-14/h5-9H,10H2,1-4H3. The van der Waals surface area contributed by atoms with Crippen LogP contribution in [-0.2, 0) is 6.54 Å². The van der Waals surface area contributed by atoms with E-state index < -0.39 is 0 Å². The summed E-state index contributed by atoms with van der Waals surface area (Å²) >= 11 is 0. The summed E-state index contributed by atoms with van der Waals surface area (Å²) in [5, 5.41) is 11.5. The van der Waals surface area contributed by atoms with Crippen molar-refractivity contribution in [2.45, 2.75) is 27.3 Å². The minimum Gasteiger partial charge on any atom is -0.497 e. The average Bonchev–Trinajstić information content (AvgIpc) is 2.84. The van der Waals surface area contributed by atoms with Gasteiger partial charge in [0.1, 0.15) is 11.6 Å². The first-order chi connectivity index (χ1) is 11.4. The topological polar surface area (TPSA) is 70.2 Å². The van der Waals surface area contributed by atoms with Crippen molar-refractivity contribution in [2.75, 3.05) is 7.11 Å². The normalized spacial score (nSPS) is 11.0. The molecule has 24 heavy (non-hydrogen) atoms. The van der Waals surface area contributed by atoms with Gasteiger partial charge in [0, 0.05) is 12.1 Å². The molecule has 124 valence electrons. The van der Waals surface area contributed by atoms with E-state index in [1.165, 1.54) is 0 Å². The van der Waals surface area contributed by atoms with E-state index in [-0.39, 0.29) is 10.6 Å². The SMILES string of the molecule is COc1ccc(Cn2c(C)nc3c([N+](=O)[O-])c(C)c(C)cc32)cc1. The Labute approximate surface area is 139 Å². The van der Waals surface area contributed by atoms with Gasteiger partial charge in [-0.1, -0.05) is 12.1 Å². The zero-order chi connectivity index (χ0) is 17.4. The molecule has 0 amide bonds. The third-order valence-corrected chi connectivity index (χ3v) is 4.40. The van der Waals surface area contributed by atoms with Gasteiger partial charge in [-0.3, -0.25) is 10.1 Å². The Kier molecular flexibility index (Phi) is 3.97. The van der Waals surface area contributed by atoms with Crippen LogP contribution in [0.3, 0.4) is 0 Å². The highest BCUT2D eigenvalue weighted by molar-refractivity contribution is 5.88. The molecule has 0 spiro atoms. The molecule has 3 rings (SSSR count). The van der Waals surface area contributed by atoms with E-state index in [9.17, 15) is 10.1 Å². The lowest BCUT2D eigenvalue weighted by Gasteiger charge is -2.09. The molecule has 0 aliphatic heterocycles. The van der Waals surface area contributed by atoms with Crippen LogP contribution in [0.5, 0.6) is 5.75 Å². The van der Waals surface area contributed by atoms with Crippen molar-refractivity contribution in [3.05, 3.63) is 63.0 Å². The second-order valence-electron chi connectivity index (χ2n) is 5.89. The van der Waals surface area contributed by atoms with E-state index in [4.69, 9.17) is 4.74 Å². The highest BCUT2D eigenvalue weighted by Crippen LogP contribution is 2.32. The molecule has 1 aromatic heterocycles. The van der Waals surface area contributed by atoms with Crippen molar-refractivity contribution < 1.29 is 9.66 Å². The minimum absolute atomic E-state index is 0.0987. The molecule has 0 N–H and O–H groups in total. The van der Waals surface area contributed by atoms with Crippen molar-refractivity contribution in [3.63, 3.8) is 0 Å². The monoisotopic (exact) mass is 325 g/mol. The Morgan fingerprint density at radius 3 is 2.46 bits per heavy atom.